The topological polar surface area (TPSA) is 29.4 Å². The van der Waals surface area contributed by atoms with Gasteiger partial charge in [0.25, 0.3) is 0 Å². The van der Waals surface area contributed by atoms with E-state index in [4.69, 9.17) is 11.6 Å². The number of hydrogen-bond acceptors (Lipinski definition) is 2. The largest absolute Gasteiger partial charge is 0.235 e. The zero-order valence-electron chi connectivity index (χ0n) is 7.33. The maximum Gasteiger partial charge on any atom is 0.235 e. The van der Waals surface area contributed by atoms with Crippen LogP contribution in [0.4, 0.5) is 0 Å². The molecule has 68 valence electrons. The van der Waals surface area contributed by atoms with Crippen LogP contribution in [0.5, 0.6) is 0 Å². The van der Waals surface area contributed by atoms with Crippen molar-refractivity contribution in [1.29, 1.82) is 0 Å². The SMILES string of the molecule is CC[C@@H](N=C=O)c1ccc(Cl)cc1. The molecule has 0 amide bonds. The Hall–Kier alpha value is -1.11. The van der Waals surface area contributed by atoms with Gasteiger partial charge in [-0.15, -0.1) is 0 Å². The van der Waals surface area contributed by atoms with Crippen molar-refractivity contribution in [3.05, 3.63) is 34.9 Å². The Morgan fingerprint density at radius 3 is 2.54 bits per heavy atom. The average Bonchev–Trinajstić information content (AvgIpc) is 2.16. The van der Waals surface area contributed by atoms with Gasteiger partial charge in [0.1, 0.15) is 0 Å². The summed E-state index contributed by atoms with van der Waals surface area (Å²) in [5.41, 5.74) is 0.996. The third-order valence-electron chi connectivity index (χ3n) is 1.85. The Bertz CT molecular complexity index is 314. The number of nitrogens with zero attached hydrogens (tertiary/aromatic N) is 1. The third-order valence-corrected chi connectivity index (χ3v) is 2.10. The van der Waals surface area contributed by atoms with E-state index in [0.29, 0.717) is 5.02 Å². The average molecular weight is 196 g/mol. The molecule has 0 saturated carbocycles. The Balaban J connectivity index is 2.91. The van der Waals surface area contributed by atoms with Crippen molar-refractivity contribution in [2.45, 2.75) is 19.4 Å². The fourth-order valence-electron chi connectivity index (χ4n) is 1.15. The van der Waals surface area contributed by atoms with Gasteiger partial charge in [0.15, 0.2) is 0 Å². The van der Waals surface area contributed by atoms with E-state index in [-0.39, 0.29) is 6.04 Å². The molecule has 0 aliphatic rings. The Kier molecular flexibility index (Phi) is 3.69. The first-order chi connectivity index (χ1) is 6.27. The molecule has 2 nitrogen and oxygen atoms in total. The van der Waals surface area contributed by atoms with Gasteiger partial charge in [-0.25, -0.2) is 4.79 Å². The van der Waals surface area contributed by atoms with Gasteiger partial charge in [0.05, 0.1) is 6.04 Å². The normalized spacial score (nSPS) is 11.8. The number of isocyanates is 1. The highest BCUT2D eigenvalue weighted by atomic mass is 35.5. The number of halogens is 1. The summed E-state index contributed by atoms with van der Waals surface area (Å²) in [5, 5.41) is 0.689. The van der Waals surface area contributed by atoms with Crippen molar-refractivity contribution >= 4 is 17.7 Å². The van der Waals surface area contributed by atoms with Crippen LogP contribution in [0.25, 0.3) is 0 Å². The second kappa shape index (κ2) is 4.80. The number of rotatable bonds is 3. The smallest absolute Gasteiger partial charge is 0.211 e. The predicted molar refractivity (Wildman–Crippen MR) is 52.6 cm³/mol. The van der Waals surface area contributed by atoms with Gasteiger partial charge in [0, 0.05) is 5.02 Å². The zero-order chi connectivity index (χ0) is 9.68. The molecule has 0 bridgehead atoms. The van der Waals surface area contributed by atoms with Crippen LogP contribution in [0.3, 0.4) is 0 Å². The fraction of sp³-hybridized carbons (Fsp3) is 0.300. The molecule has 0 radical (unpaired) electrons. The molecule has 0 spiro atoms. The summed E-state index contributed by atoms with van der Waals surface area (Å²) in [6.45, 7) is 1.97. The van der Waals surface area contributed by atoms with Gasteiger partial charge < -0.3 is 0 Å². The van der Waals surface area contributed by atoms with Crippen molar-refractivity contribution < 1.29 is 4.79 Å². The number of aliphatic imine (C=N–C) groups is 1. The molecule has 0 saturated heterocycles. The number of benzene rings is 1. The second-order valence-corrected chi connectivity index (χ2v) is 3.13. The lowest BCUT2D eigenvalue weighted by Crippen LogP contribution is -1.92. The highest BCUT2D eigenvalue weighted by Crippen LogP contribution is 2.21. The molecule has 1 aromatic carbocycles. The maximum atomic E-state index is 10.1. The first kappa shape index (κ1) is 9.97. The second-order valence-electron chi connectivity index (χ2n) is 2.70. The van der Waals surface area contributed by atoms with Crippen LogP contribution in [0.15, 0.2) is 29.3 Å². The molecule has 13 heavy (non-hydrogen) atoms. The van der Waals surface area contributed by atoms with E-state index in [1.165, 1.54) is 0 Å². The minimum atomic E-state index is -0.0882. The van der Waals surface area contributed by atoms with E-state index in [1.807, 2.05) is 19.1 Å². The monoisotopic (exact) mass is 195 g/mol. The molecule has 0 aromatic heterocycles. The van der Waals surface area contributed by atoms with Crippen molar-refractivity contribution in [1.82, 2.24) is 0 Å². The van der Waals surface area contributed by atoms with Crippen molar-refractivity contribution in [3.8, 4) is 0 Å². The molecule has 0 unspecified atom stereocenters. The predicted octanol–water partition coefficient (Wildman–Crippen LogP) is 3.13. The molecule has 1 aromatic rings. The highest BCUT2D eigenvalue weighted by molar-refractivity contribution is 6.30. The van der Waals surface area contributed by atoms with Gasteiger partial charge in [-0.3, -0.25) is 0 Å². The van der Waals surface area contributed by atoms with Crippen LogP contribution < -0.4 is 0 Å². The summed E-state index contributed by atoms with van der Waals surface area (Å²) < 4.78 is 0. The first-order valence-electron chi connectivity index (χ1n) is 4.10. The lowest BCUT2D eigenvalue weighted by molar-refractivity contribution is 0.556. The van der Waals surface area contributed by atoms with E-state index in [0.717, 1.165) is 12.0 Å². The van der Waals surface area contributed by atoms with Crippen LogP contribution in [0.2, 0.25) is 5.02 Å². The van der Waals surface area contributed by atoms with E-state index >= 15 is 0 Å². The summed E-state index contributed by atoms with van der Waals surface area (Å²) in [6.07, 6.45) is 2.36. The summed E-state index contributed by atoms with van der Waals surface area (Å²) in [6, 6.07) is 7.24. The Morgan fingerprint density at radius 2 is 2.08 bits per heavy atom. The summed E-state index contributed by atoms with van der Waals surface area (Å²) in [5.74, 6) is 0. The zero-order valence-corrected chi connectivity index (χ0v) is 8.08. The maximum absolute atomic E-state index is 10.1. The van der Waals surface area contributed by atoms with Gasteiger partial charge in [-0.2, -0.15) is 4.99 Å². The molecule has 1 rings (SSSR count). The molecule has 0 heterocycles. The molecular formula is C10H10ClNO. The van der Waals surface area contributed by atoms with E-state index in [1.54, 1.807) is 18.2 Å². The molecule has 0 aliphatic carbocycles. The number of hydrogen-bond donors (Lipinski definition) is 0. The molecule has 0 fully saturated rings. The first-order valence-corrected chi connectivity index (χ1v) is 4.48. The highest BCUT2D eigenvalue weighted by Gasteiger charge is 2.06. The van der Waals surface area contributed by atoms with Crippen molar-refractivity contribution in [2.24, 2.45) is 4.99 Å². The minimum Gasteiger partial charge on any atom is -0.211 e. The lowest BCUT2D eigenvalue weighted by atomic mass is 10.1. The van der Waals surface area contributed by atoms with Crippen molar-refractivity contribution in [3.63, 3.8) is 0 Å². The van der Waals surface area contributed by atoms with Crippen LogP contribution in [-0.4, -0.2) is 6.08 Å². The van der Waals surface area contributed by atoms with Gasteiger partial charge >= 0.3 is 0 Å². The minimum absolute atomic E-state index is 0.0882. The Labute approximate surface area is 82.3 Å². The quantitative estimate of drug-likeness (QED) is 0.538. The standard InChI is InChI=1S/C10H10ClNO/c1-2-10(12-7-13)8-3-5-9(11)6-4-8/h3-6,10H,2H2,1H3/t10-/m1/s1. The molecule has 0 aliphatic heterocycles. The summed E-state index contributed by atoms with van der Waals surface area (Å²) >= 11 is 5.73. The van der Waals surface area contributed by atoms with E-state index in [9.17, 15) is 4.79 Å². The van der Waals surface area contributed by atoms with E-state index in [2.05, 4.69) is 4.99 Å². The van der Waals surface area contributed by atoms with E-state index < -0.39 is 0 Å². The van der Waals surface area contributed by atoms with Gasteiger partial charge in [-0.05, 0) is 24.1 Å². The van der Waals surface area contributed by atoms with Crippen LogP contribution in [-0.2, 0) is 4.79 Å². The van der Waals surface area contributed by atoms with Crippen LogP contribution in [0.1, 0.15) is 24.9 Å². The molecule has 0 N–H and O–H groups in total. The molecule has 1 atom stereocenters. The lowest BCUT2D eigenvalue weighted by Gasteiger charge is -2.07. The van der Waals surface area contributed by atoms with Gasteiger partial charge in [-0.1, -0.05) is 30.7 Å². The van der Waals surface area contributed by atoms with Crippen molar-refractivity contribution in [2.75, 3.05) is 0 Å². The fourth-order valence-corrected chi connectivity index (χ4v) is 1.28. The third kappa shape index (κ3) is 2.69. The summed E-state index contributed by atoms with van der Waals surface area (Å²) in [4.78, 5) is 13.8. The van der Waals surface area contributed by atoms with Gasteiger partial charge in [0.2, 0.25) is 6.08 Å². The summed E-state index contributed by atoms with van der Waals surface area (Å²) in [7, 11) is 0. The Morgan fingerprint density at radius 1 is 1.46 bits per heavy atom. The van der Waals surface area contributed by atoms with Crippen LogP contribution in [0, 0.1) is 0 Å². The van der Waals surface area contributed by atoms with Crippen LogP contribution >= 0.6 is 11.6 Å². The molecule has 3 heteroatoms. The number of carbonyl (C=O) groups excluding carboxylic acids is 1. The molecular weight excluding hydrogens is 186 g/mol.